The van der Waals surface area contributed by atoms with Crippen LogP contribution in [0, 0.1) is 24.6 Å². The molecule has 7 rings (SSSR count). The van der Waals surface area contributed by atoms with Crippen molar-refractivity contribution in [2.75, 3.05) is 17.2 Å². The second-order valence-corrected chi connectivity index (χ2v) is 16.1. The van der Waals surface area contributed by atoms with E-state index in [9.17, 15) is 14.4 Å². The second kappa shape index (κ2) is 14.3. The van der Waals surface area contributed by atoms with E-state index in [1.807, 2.05) is 56.0 Å². The Kier molecular flexibility index (Phi) is 9.83. The van der Waals surface area contributed by atoms with E-state index in [-0.39, 0.29) is 35.4 Å². The number of nitrogens with one attached hydrogen (secondary N) is 2. The average molecular weight is 695 g/mol. The number of nitrogens with zero attached hydrogens (tertiary/aromatic N) is 2. The van der Waals surface area contributed by atoms with Crippen molar-refractivity contribution in [1.29, 1.82) is 0 Å². The van der Waals surface area contributed by atoms with E-state index in [0.717, 1.165) is 54.5 Å². The van der Waals surface area contributed by atoms with Crippen molar-refractivity contribution in [2.24, 2.45) is 11.8 Å². The molecule has 0 radical (unpaired) electrons. The number of aryl methyl sites for hydroxylation is 1. The standard InChI is InChI=1S/C42H51FN4O4/c1-26-9-7-13-35(43)37(26)40(49)47-36-14-8-10-29(36)24-34(38(47)27-15-18-32(19-16-27)44-31-11-5-6-12-31)39(48)45-33-20-17-30-25-46(22-21-28(30)23-33)41(50)51-42(2,3)4/h7,9,13,15-20,23,29,31,34,36,38,44H,5-6,8,10-12,14,21-22,24-25H2,1-4H3,(H,45,48). The predicted octanol–water partition coefficient (Wildman–Crippen LogP) is 8.79. The normalized spacial score (nSPS) is 23.4. The van der Waals surface area contributed by atoms with E-state index in [4.69, 9.17) is 4.74 Å². The van der Waals surface area contributed by atoms with Crippen molar-refractivity contribution >= 4 is 29.3 Å². The maximum absolute atomic E-state index is 15.4. The third-order valence-electron chi connectivity index (χ3n) is 11.3. The molecule has 9 heteroatoms. The molecule has 0 spiro atoms. The number of benzene rings is 3. The van der Waals surface area contributed by atoms with Crippen LogP contribution in [0.4, 0.5) is 20.6 Å². The molecule has 2 aliphatic carbocycles. The monoisotopic (exact) mass is 694 g/mol. The molecule has 4 unspecified atom stereocenters. The molecule has 4 aliphatic rings. The average Bonchev–Trinajstić information content (AvgIpc) is 3.79. The largest absolute Gasteiger partial charge is 0.444 e. The number of hydrogen-bond donors (Lipinski definition) is 2. The molecule has 0 bridgehead atoms. The van der Waals surface area contributed by atoms with Crippen LogP contribution in [0.1, 0.15) is 111 Å². The van der Waals surface area contributed by atoms with Crippen molar-refractivity contribution in [3.8, 4) is 0 Å². The lowest BCUT2D eigenvalue weighted by atomic mass is 9.76. The lowest BCUT2D eigenvalue weighted by Gasteiger charge is -2.48. The first-order valence-electron chi connectivity index (χ1n) is 18.8. The van der Waals surface area contributed by atoms with Crippen LogP contribution in [0.15, 0.2) is 60.7 Å². The fourth-order valence-electron chi connectivity index (χ4n) is 8.90. The molecule has 2 heterocycles. The number of amides is 3. The highest BCUT2D eigenvalue weighted by Gasteiger charge is 2.50. The van der Waals surface area contributed by atoms with Crippen LogP contribution < -0.4 is 10.6 Å². The first-order chi connectivity index (χ1) is 24.4. The highest BCUT2D eigenvalue weighted by atomic mass is 19.1. The van der Waals surface area contributed by atoms with Gasteiger partial charge in [0, 0.05) is 36.5 Å². The van der Waals surface area contributed by atoms with Crippen molar-refractivity contribution in [2.45, 2.75) is 116 Å². The van der Waals surface area contributed by atoms with Gasteiger partial charge >= 0.3 is 6.09 Å². The molecule has 2 N–H and O–H groups in total. The van der Waals surface area contributed by atoms with Crippen LogP contribution in [0.5, 0.6) is 0 Å². The van der Waals surface area contributed by atoms with Gasteiger partial charge in [-0.1, -0.05) is 49.6 Å². The van der Waals surface area contributed by atoms with Crippen LogP contribution >= 0.6 is 0 Å². The number of anilines is 2. The lowest BCUT2D eigenvalue weighted by Crippen LogP contribution is -2.54. The summed E-state index contributed by atoms with van der Waals surface area (Å²) in [6.07, 6.45) is 8.49. The highest BCUT2D eigenvalue weighted by Crippen LogP contribution is 2.49. The van der Waals surface area contributed by atoms with E-state index >= 15 is 4.39 Å². The van der Waals surface area contributed by atoms with Gasteiger partial charge in [0.15, 0.2) is 0 Å². The van der Waals surface area contributed by atoms with E-state index < -0.39 is 23.4 Å². The Labute approximate surface area is 301 Å². The summed E-state index contributed by atoms with van der Waals surface area (Å²) in [6.45, 7) is 8.34. The van der Waals surface area contributed by atoms with Gasteiger partial charge in [-0.3, -0.25) is 9.59 Å². The van der Waals surface area contributed by atoms with Crippen LogP contribution in [0.3, 0.4) is 0 Å². The number of piperidine rings is 1. The Hall–Kier alpha value is -4.40. The Morgan fingerprint density at radius 3 is 2.35 bits per heavy atom. The smallest absolute Gasteiger partial charge is 0.410 e. The summed E-state index contributed by atoms with van der Waals surface area (Å²) in [4.78, 5) is 45.4. The molecular formula is C42H51FN4O4. The van der Waals surface area contributed by atoms with Crippen molar-refractivity contribution in [3.63, 3.8) is 0 Å². The number of ether oxygens (including phenoxy) is 1. The highest BCUT2D eigenvalue weighted by molar-refractivity contribution is 5.98. The number of fused-ring (bicyclic) bond motifs is 2. The molecule has 8 nitrogen and oxygen atoms in total. The molecule has 2 saturated carbocycles. The maximum Gasteiger partial charge on any atom is 0.410 e. The summed E-state index contributed by atoms with van der Waals surface area (Å²) in [5.74, 6) is -1.41. The van der Waals surface area contributed by atoms with Gasteiger partial charge in [0.05, 0.1) is 17.5 Å². The molecule has 1 saturated heterocycles. The second-order valence-electron chi connectivity index (χ2n) is 16.1. The minimum atomic E-state index is -0.566. The molecular weight excluding hydrogens is 643 g/mol. The van der Waals surface area contributed by atoms with E-state index in [0.29, 0.717) is 43.2 Å². The van der Waals surface area contributed by atoms with Gasteiger partial charge in [-0.2, -0.15) is 0 Å². The lowest BCUT2D eigenvalue weighted by molar-refractivity contribution is -0.125. The molecule has 3 aromatic rings. The topological polar surface area (TPSA) is 91.0 Å². The van der Waals surface area contributed by atoms with Crippen LogP contribution in [0.2, 0.25) is 0 Å². The number of likely N-dealkylation sites (tertiary alicyclic amines) is 1. The minimum Gasteiger partial charge on any atom is -0.444 e. The van der Waals surface area contributed by atoms with Gasteiger partial charge in [0.2, 0.25) is 5.91 Å². The van der Waals surface area contributed by atoms with E-state index in [1.165, 1.54) is 18.9 Å². The number of rotatable bonds is 6. The van der Waals surface area contributed by atoms with Gasteiger partial charge in [0.1, 0.15) is 11.4 Å². The van der Waals surface area contributed by atoms with E-state index in [1.54, 1.807) is 24.0 Å². The summed E-state index contributed by atoms with van der Waals surface area (Å²) in [5, 5.41) is 6.87. The van der Waals surface area contributed by atoms with Crippen molar-refractivity contribution in [1.82, 2.24) is 9.80 Å². The quantitative estimate of drug-likeness (QED) is 0.269. The molecule has 3 aromatic carbocycles. The Balaban J connectivity index is 1.18. The summed E-state index contributed by atoms with van der Waals surface area (Å²) in [5.41, 5.74) is 4.83. The third kappa shape index (κ3) is 7.49. The molecule has 4 atom stereocenters. The first-order valence-corrected chi connectivity index (χ1v) is 18.8. The zero-order valence-corrected chi connectivity index (χ0v) is 30.3. The molecule has 3 amide bonds. The Morgan fingerprint density at radius 2 is 1.63 bits per heavy atom. The fraction of sp³-hybridized carbons (Fsp3) is 0.500. The van der Waals surface area contributed by atoms with Gasteiger partial charge < -0.3 is 25.2 Å². The molecule has 3 fully saturated rings. The van der Waals surface area contributed by atoms with Gasteiger partial charge in [-0.15, -0.1) is 0 Å². The van der Waals surface area contributed by atoms with Crippen LogP contribution in [-0.2, 0) is 22.5 Å². The fourth-order valence-corrected chi connectivity index (χ4v) is 8.90. The number of carbonyl (C=O) groups excluding carboxylic acids is 3. The molecule has 51 heavy (non-hydrogen) atoms. The number of carbonyl (C=O) groups is 3. The summed E-state index contributed by atoms with van der Waals surface area (Å²) in [6, 6.07) is 18.7. The van der Waals surface area contributed by atoms with Crippen LogP contribution in [0.25, 0.3) is 0 Å². The zero-order chi connectivity index (χ0) is 35.9. The summed E-state index contributed by atoms with van der Waals surface area (Å²) in [7, 11) is 0. The molecule has 270 valence electrons. The molecule has 0 aromatic heterocycles. The van der Waals surface area contributed by atoms with Crippen LogP contribution in [-0.4, -0.2) is 51.9 Å². The third-order valence-corrected chi connectivity index (χ3v) is 11.3. The van der Waals surface area contributed by atoms with Crippen molar-refractivity contribution < 1.29 is 23.5 Å². The first kappa shape index (κ1) is 35.0. The van der Waals surface area contributed by atoms with E-state index in [2.05, 4.69) is 22.8 Å². The zero-order valence-electron chi connectivity index (χ0n) is 30.3. The number of hydrogen-bond acceptors (Lipinski definition) is 5. The van der Waals surface area contributed by atoms with Gasteiger partial charge in [0.25, 0.3) is 5.91 Å². The maximum atomic E-state index is 15.4. The molecule has 2 aliphatic heterocycles. The van der Waals surface area contributed by atoms with Gasteiger partial charge in [-0.05, 0) is 125 Å². The number of halogens is 1. The Morgan fingerprint density at radius 1 is 0.882 bits per heavy atom. The minimum absolute atomic E-state index is 0.0708. The Bertz CT molecular complexity index is 1760. The van der Waals surface area contributed by atoms with Gasteiger partial charge in [-0.25, -0.2) is 9.18 Å². The SMILES string of the molecule is Cc1cccc(F)c1C(=O)N1C2CCCC2CC(C(=O)Nc2ccc3c(c2)CCN(C(=O)OC(C)(C)C)C3)C1c1ccc(NC2CCCC2)cc1. The summed E-state index contributed by atoms with van der Waals surface area (Å²) < 4.78 is 21.0. The predicted molar refractivity (Wildman–Crippen MR) is 197 cm³/mol. The summed E-state index contributed by atoms with van der Waals surface area (Å²) >= 11 is 0. The van der Waals surface area contributed by atoms with Crippen molar-refractivity contribution in [3.05, 3.63) is 94.3 Å².